The number of nitrogens with one attached hydrogen (secondary N) is 1. The van der Waals surface area contributed by atoms with Gasteiger partial charge in [-0.15, -0.1) is 13.2 Å². The smallest absolute Gasteiger partial charge is 0.406 e. The number of fused-ring (bicyclic) bond motifs is 1. The monoisotopic (exact) mass is 369 g/mol. The Kier molecular flexibility index (Phi) is 4.64. The van der Waals surface area contributed by atoms with E-state index in [1.54, 1.807) is 0 Å². The van der Waals surface area contributed by atoms with Crippen LogP contribution in [-0.2, 0) is 6.54 Å². The SMILES string of the molecule is Cc1ccc2n1CCN(C(=S)Nc1ccc(OC(F)(F)F)cc1)[C@H]2C. The third kappa shape index (κ3) is 3.89. The average molecular weight is 369 g/mol. The van der Waals surface area contributed by atoms with Crippen molar-refractivity contribution >= 4 is 23.0 Å². The first-order chi connectivity index (χ1) is 11.7. The quantitative estimate of drug-likeness (QED) is 0.791. The van der Waals surface area contributed by atoms with E-state index in [-0.39, 0.29) is 11.8 Å². The largest absolute Gasteiger partial charge is 0.573 e. The zero-order valence-electron chi connectivity index (χ0n) is 13.8. The van der Waals surface area contributed by atoms with Gasteiger partial charge in [-0.05, 0) is 62.5 Å². The van der Waals surface area contributed by atoms with Crippen molar-refractivity contribution in [1.29, 1.82) is 0 Å². The summed E-state index contributed by atoms with van der Waals surface area (Å²) in [5.41, 5.74) is 3.03. The molecule has 0 fully saturated rings. The van der Waals surface area contributed by atoms with Crippen molar-refractivity contribution in [1.82, 2.24) is 9.47 Å². The number of hydrogen-bond acceptors (Lipinski definition) is 2. The maximum Gasteiger partial charge on any atom is 0.573 e. The molecule has 0 spiro atoms. The zero-order chi connectivity index (χ0) is 18.2. The summed E-state index contributed by atoms with van der Waals surface area (Å²) in [5, 5.41) is 3.62. The lowest BCUT2D eigenvalue weighted by atomic mass is 10.1. The number of nitrogens with zero attached hydrogens (tertiary/aromatic N) is 2. The minimum Gasteiger partial charge on any atom is -0.406 e. The molecule has 2 heterocycles. The predicted molar refractivity (Wildman–Crippen MR) is 93.6 cm³/mol. The molecule has 0 bridgehead atoms. The van der Waals surface area contributed by atoms with Crippen LogP contribution < -0.4 is 10.1 Å². The number of alkyl halides is 3. The van der Waals surface area contributed by atoms with Gasteiger partial charge in [-0.2, -0.15) is 0 Å². The van der Waals surface area contributed by atoms with Crippen molar-refractivity contribution in [2.45, 2.75) is 32.8 Å². The van der Waals surface area contributed by atoms with Crippen molar-refractivity contribution in [3.63, 3.8) is 0 Å². The standard InChI is InChI=1S/C17H18F3N3OS/c1-11-3-8-15-12(2)23(10-9-22(11)15)16(25)21-13-4-6-14(7-5-13)24-17(18,19)20/h3-8,12H,9-10H2,1-2H3,(H,21,25)/t12-/m0/s1. The second-order valence-electron chi connectivity index (χ2n) is 5.92. The van der Waals surface area contributed by atoms with Gasteiger partial charge in [0.05, 0.1) is 6.04 Å². The maximum absolute atomic E-state index is 12.2. The molecule has 8 heteroatoms. The fourth-order valence-electron chi connectivity index (χ4n) is 3.03. The number of aromatic nitrogens is 1. The second-order valence-corrected chi connectivity index (χ2v) is 6.31. The molecule has 1 aliphatic heterocycles. The minimum absolute atomic E-state index is 0.121. The average Bonchev–Trinajstić information content (AvgIpc) is 2.90. The first-order valence-electron chi connectivity index (χ1n) is 7.84. The summed E-state index contributed by atoms with van der Waals surface area (Å²) >= 11 is 5.48. The minimum atomic E-state index is -4.69. The van der Waals surface area contributed by atoms with Gasteiger partial charge in [0.15, 0.2) is 5.11 Å². The number of benzene rings is 1. The summed E-state index contributed by atoms with van der Waals surface area (Å²) in [6.45, 7) is 5.77. The molecule has 1 atom stereocenters. The molecule has 134 valence electrons. The number of hydrogen-bond donors (Lipinski definition) is 1. The summed E-state index contributed by atoms with van der Waals surface area (Å²) in [4.78, 5) is 2.07. The van der Waals surface area contributed by atoms with E-state index in [4.69, 9.17) is 12.2 Å². The molecule has 2 aromatic rings. The first kappa shape index (κ1) is 17.6. The van der Waals surface area contributed by atoms with Gasteiger partial charge >= 0.3 is 6.36 Å². The molecule has 1 aliphatic rings. The highest BCUT2D eigenvalue weighted by molar-refractivity contribution is 7.80. The molecule has 0 amide bonds. The summed E-state index contributed by atoms with van der Waals surface area (Å²) in [6.07, 6.45) is -4.69. The number of thiocarbonyl (C=S) groups is 1. The summed E-state index contributed by atoms with van der Waals surface area (Å²) < 4.78 is 42.7. The van der Waals surface area contributed by atoms with E-state index in [0.717, 1.165) is 13.1 Å². The Bertz CT molecular complexity index is 770. The maximum atomic E-state index is 12.2. The van der Waals surface area contributed by atoms with Crippen molar-refractivity contribution < 1.29 is 17.9 Å². The van der Waals surface area contributed by atoms with Gasteiger partial charge in [0.2, 0.25) is 0 Å². The first-order valence-corrected chi connectivity index (χ1v) is 8.25. The highest BCUT2D eigenvalue weighted by atomic mass is 32.1. The van der Waals surface area contributed by atoms with Crippen LogP contribution in [0.25, 0.3) is 0 Å². The number of anilines is 1. The van der Waals surface area contributed by atoms with Crippen LogP contribution >= 0.6 is 12.2 Å². The fourth-order valence-corrected chi connectivity index (χ4v) is 3.40. The molecule has 4 nitrogen and oxygen atoms in total. The number of ether oxygens (including phenoxy) is 1. The Morgan fingerprint density at radius 1 is 1.16 bits per heavy atom. The predicted octanol–water partition coefficient (Wildman–Crippen LogP) is 4.47. The number of halogens is 3. The molecular formula is C17H18F3N3OS. The lowest BCUT2D eigenvalue weighted by Crippen LogP contribution is -2.43. The Morgan fingerprint density at radius 3 is 2.48 bits per heavy atom. The molecule has 1 N–H and O–H groups in total. The van der Waals surface area contributed by atoms with Crippen molar-refractivity contribution in [3.8, 4) is 5.75 Å². The molecule has 0 saturated carbocycles. The van der Waals surface area contributed by atoms with Gasteiger partial charge in [0.1, 0.15) is 5.75 Å². The van der Waals surface area contributed by atoms with Gasteiger partial charge in [-0.25, -0.2) is 0 Å². The normalized spacial score (nSPS) is 17.2. The van der Waals surface area contributed by atoms with E-state index in [1.165, 1.54) is 35.7 Å². The molecule has 1 aromatic carbocycles. The molecular weight excluding hydrogens is 351 g/mol. The molecule has 0 radical (unpaired) electrons. The van der Waals surface area contributed by atoms with Crippen LogP contribution in [0.2, 0.25) is 0 Å². The third-order valence-electron chi connectivity index (χ3n) is 4.29. The third-order valence-corrected chi connectivity index (χ3v) is 4.63. The Labute approximate surface area is 149 Å². The highest BCUT2D eigenvalue weighted by Gasteiger charge is 2.31. The van der Waals surface area contributed by atoms with Crippen LogP contribution in [0.3, 0.4) is 0 Å². The molecule has 0 unspecified atom stereocenters. The van der Waals surface area contributed by atoms with Gasteiger partial charge < -0.3 is 19.5 Å². The van der Waals surface area contributed by atoms with E-state index in [9.17, 15) is 13.2 Å². The number of rotatable bonds is 2. The van der Waals surface area contributed by atoms with E-state index in [2.05, 4.69) is 45.5 Å². The molecule has 0 saturated heterocycles. The summed E-state index contributed by atoms with van der Waals surface area (Å²) in [7, 11) is 0. The molecule has 3 rings (SSSR count). The Hall–Kier alpha value is -2.22. The van der Waals surface area contributed by atoms with Crippen molar-refractivity contribution in [3.05, 3.63) is 47.8 Å². The fraction of sp³-hybridized carbons (Fsp3) is 0.353. The number of aryl methyl sites for hydroxylation is 1. The van der Waals surface area contributed by atoms with Crippen LogP contribution in [0.4, 0.5) is 18.9 Å². The summed E-state index contributed by atoms with van der Waals surface area (Å²) in [6, 6.07) is 9.83. The van der Waals surface area contributed by atoms with Gasteiger partial charge in [0.25, 0.3) is 0 Å². The van der Waals surface area contributed by atoms with E-state index in [1.807, 2.05) is 0 Å². The molecule has 25 heavy (non-hydrogen) atoms. The summed E-state index contributed by atoms with van der Waals surface area (Å²) in [5.74, 6) is -0.261. The van der Waals surface area contributed by atoms with Crippen LogP contribution in [0, 0.1) is 6.92 Å². The second kappa shape index (κ2) is 6.59. The topological polar surface area (TPSA) is 29.4 Å². The van der Waals surface area contributed by atoms with E-state index < -0.39 is 6.36 Å². The van der Waals surface area contributed by atoms with Gasteiger partial charge in [-0.1, -0.05) is 0 Å². The lowest BCUT2D eigenvalue weighted by Gasteiger charge is -2.37. The molecule has 0 aliphatic carbocycles. The van der Waals surface area contributed by atoms with Crippen LogP contribution in [0.15, 0.2) is 36.4 Å². The highest BCUT2D eigenvalue weighted by Crippen LogP contribution is 2.28. The van der Waals surface area contributed by atoms with Crippen LogP contribution in [-0.4, -0.2) is 27.5 Å². The van der Waals surface area contributed by atoms with Crippen molar-refractivity contribution in [2.24, 2.45) is 0 Å². The van der Waals surface area contributed by atoms with Gasteiger partial charge in [0, 0.05) is 30.2 Å². The van der Waals surface area contributed by atoms with E-state index in [0.29, 0.717) is 10.8 Å². The van der Waals surface area contributed by atoms with E-state index >= 15 is 0 Å². The Balaban J connectivity index is 1.66. The van der Waals surface area contributed by atoms with Crippen LogP contribution in [0.5, 0.6) is 5.75 Å². The zero-order valence-corrected chi connectivity index (χ0v) is 14.6. The molecule has 1 aromatic heterocycles. The van der Waals surface area contributed by atoms with Crippen molar-refractivity contribution in [2.75, 3.05) is 11.9 Å². The Morgan fingerprint density at radius 2 is 1.84 bits per heavy atom. The van der Waals surface area contributed by atoms with Gasteiger partial charge in [-0.3, -0.25) is 0 Å². The van der Waals surface area contributed by atoms with Crippen LogP contribution in [0.1, 0.15) is 24.4 Å². The lowest BCUT2D eigenvalue weighted by molar-refractivity contribution is -0.274.